The summed E-state index contributed by atoms with van der Waals surface area (Å²) in [5, 5.41) is 3.53. The van der Waals surface area contributed by atoms with E-state index in [1.165, 1.54) is 19.3 Å². The Hall–Kier alpha value is -0.0800. The molecule has 1 atom stereocenters. The van der Waals surface area contributed by atoms with Crippen LogP contribution in [0.1, 0.15) is 60.3 Å². The second kappa shape index (κ2) is 8.12. The molecule has 1 unspecified atom stereocenters. The predicted molar refractivity (Wildman–Crippen MR) is 67.3 cm³/mol. The van der Waals surface area contributed by atoms with E-state index in [0.29, 0.717) is 6.04 Å². The Labute approximate surface area is 95.8 Å². The van der Waals surface area contributed by atoms with E-state index < -0.39 is 0 Å². The van der Waals surface area contributed by atoms with Crippen LogP contribution in [0.25, 0.3) is 0 Å². The van der Waals surface area contributed by atoms with Crippen molar-refractivity contribution >= 4 is 0 Å². The summed E-state index contributed by atoms with van der Waals surface area (Å²) in [6.07, 6.45) is 4.94. The fourth-order valence-corrected chi connectivity index (χ4v) is 1.69. The molecule has 0 saturated heterocycles. The molecule has 0 bridgehead atoms. The van der Waals surface area contributed by atoms with Gasteiger partial charge in [0, 0.05) is 12.6 Å². The largest absolute Gasteiger partial charge is 0.376 e. The molecule has 0 aromatic carbocycles. The van der Waals surface area contributed by atoms with Crippen LogP contribution in [0.3, 0.4) is 0 Å². The summed E-state index contributed by atoms with van der Waals surface area (Å²) in [5.41, 5.74) is 0.0123. The van der Waals surface area contributed by atoms with E-state index in [2.05, 4.69) is 39.9 Å². The van der Waals surface area contributed by atoms with Crippen LogP contribution in [0.2, 0.25) is 0 Å². The molecule has 2 heteroatoms. The Balaban J connectivity index is 3.52. The molecule has 0 aliphatic rings. The van der Waals surface area contributed by atoms with Gasteiger partial charge in [-0.15, -0.1) is 0 Å². The van der Waals surface area contributed by atoms with Gasteiger partial charge in [0.25, 0.3) is 0 Å². The van der Waals surface area contributed by atoms with Crippen molar-refractivity contribution in [3.63, 3.8) is 0 Å². The van der Waals surface area contributed by atoms with Crippen LogP contribution in [-0.2, 0) is 4.74 Å². The highest BCUT2D eigenvalue weighted by Gasteiger charge is 2.10. The Morgan fingerprint density at radius 1 is 1.13 bits per heavy atom. The first-order chi connectivity index (χ1) is 6.99. The van der Waals surface area contributed by atoms with Gasteiger partial charge in [-0.25, -0.2) is 0 Å². The molecule has 0 radical (unpaired) electrons. The first kappa shape index (κ1) is 14.9. The van der Waals surface area contributed by atoms with E-state index >= 15 is 0 Å². The lowest BCUT2D eigenvalue weighted by Gasteiger charge is -2.21. The maximum absolute atomic E-state index is 5.71. The minimum atomic E-state index is 0.0123. The Morgan fingerprint density at radius 3 is 2.27 bits per heavy atom. The molecule has 0 fully saturated rings. The second-order valence-corrected chi connectivity index (χ2v) is 5.15. The van der Waals surface area contributed by atoms with Crippen molar-refractivity contribution in [2.24, 2.45) is 0 Å². The predicted octanol–water partition coefficient (Wildman–Crippen LogP) is 3.36. The molecule has 0 aromatic rings. The lowest BCUT2D eigenvalue weighted by Crippen LogP contribution is -2.29. The summed E-state index contributed by atoms with van der Waals surface area (Å²) in [6.45, 7) is 12.7. The maximum Gasteiger partial charge on any atom is 0.0598 e. The summed E-state index contributed by atoms with van der Waals surface area (Å²) in [4.78, 5) is 0. The minimum Gasteiger partial charge on any atom is -0.376 e. The quantitative estimate of drug-likeness (QED) is 0.627. The molecule has 15 heavy (non-hydrogen) atoms. The molecule has 92 valence electrons. The number of nitrogens with one attached hydrogen (secondary N) is 1. The zero-order chi connectivity index (χ0) is 11.7. The van der Waals surface area contributed by atoms with Gasteiger partial charge < -0.3 is 10.1 Å². The Bertz CT molecular complexity index is 134. The van der Waals surface area contributed by atoms with Gasteiger partial charge in [0.15, 0.2) is 0 Å². The smallest absolute Gasteiger partial charge is 0.0598 e. The van der Waals surface area contributed by atoms with Gasteiger partial charge in [-0.05, 0) is 46.6 Å². The Kier molecular flexibility index (Phi) is 8.07. The van der Waals surface area contributed by atoms with Crippen LogP contribution >= 0.6 is 0 Å². The normalized spacial score (nSPS) is 14.2. The number of hydrogen-bond acceptors (Lipinski definition) is 2. The van der Waals surface area contributed by atoms with Crippen LogP contribution in [-0.4, -0.2) is 24.8 Å². The van der Waals surface area contributed by atoms with E-state index in [1.807, 2.05) is 0 Å². The number of ether oxygens (including phenoxy) is 1. The summed E-state index contributed by atoms with van der Waals surface area (Å²) < 4.78 is 5.71. The third-order valence-electron chi connectivity index (χ3n) is 2.36. The van der Waals surface area contributed by atoms with Gasteiger partial charge >= 0.3 is 0 Å². The van der Waals surface area contributed by atoms with E-state index in [0.717, 1.165) is 19.6 Å². The first-order valence-electron chi connectivity index (χ1n) is 6.37. The van der Waals surface area contributed by atoms with Crippen LogP contribution < -0.4 is 5.32 Å². The third-order valence-corrected chi connectivity index (χ3v) is 2.36. The van der Waals surface area contributed by atoms with E-state index in [9.17, 15) is 0 Å². The van der Waals surface area contributed by atoms with Gasteiger partial charge in [0.05, 0.1) is 5.60 Å². The van der Waals surface area contributed by atoms with Gasteiger partial charge in [-0.1, -0.05) is 20.3 Å². The van der Waals surface area contributed by atoms with Crippen molar-refractivity contribution in [2.75, 3.05) is 13.2 Å². The van der Waals surface area contributed by atoms with Gasteiger partial charge in [-0.2, -0.15) is 0 Å². The van der Waals surface area contributed by atoms with Crippen molar-refractivity contribution in [3.8, 4) is 0 Å². The highest BCUT2D eigenvalue weighted by Crippen LogP contribution is 2.10. The zero-order valence-electron chi connectivity index (χ0n) is 11.2. The van der Waals surface area contributed by atoms with Crippen molar-refractivity contribution < 1.29 is 4.74 Å². The molecule has 0 saturated carbocycles. The molecular weight excluding hydrogens is 186 g/mol. The number of hydrogen-bond donors (Lipinski definition) is 1. The van der Waals surface area contributed by atoms with Crippen molar-refractivity contribution in [3.05, 3.63) is 0 Å². The van der Waals surface area contributed by atoms with E-state index in [-0.39, 0.29) is 5.60 Å². The van der Waals surface area contributed by atoms with E-state index in [1.54, 1.807) is 0 Å². The molecule has 0 amide bonds. The third kappa shape index (κ3) is 10.2. The Morgan fingerprint density at radius 2 is 1.80 bits per heavy atom. The molecule has 0 aliphatic heterocycles. The summed E-state index contributed by atoms with van der Waals surface area (Å²) in [6, 6.07) is 0.684. The average Bonchev–Trinajstić information content (AvgIpc) is 2.11. The molecule has 0 aromatic heterocycles. The fraction of sp³-hybridized carbons (Fsp3) is 1.00. The monoisotopic (exact) mass is 215 g/mol. The minimum absolute atomic E-state index is 0.0123. The van der Waals surface area contributed by atoms with Crippen molar-refractivity contribution in [2.45, 2.75) is 71.9 Å². The highest BCUT2D eigenvalue weighted by atomic mass is 16.5. The zero-order valence-corrected chi connectivity index (χ0v) is 11.2. The second-order valence-electron chi connectivity index (χ2n) is 5.15. The lowest BCUT2D eigenvalue weighted by atomic mass is 10.1. The van der Waals surface area contributed by atoms with Gasteiger partial charge in [-0.3, -0.25) is 0 Å². The SMILES string of the molecule is CCCC(CCCOC(C)(C)C)NCC. The van der Waals surface area contributed by atoms with Crippen molar-refractivity contribution in [1.29, 1.82) is 0 Å². The van der Waals surface area contributed by atoms with Crippen LogP contribution in [0.4, 0.5) is 0 Å². The summed E-state index contributed by atoms with van der Waals surface area (Å²) >= 11 is 0. The highest BCUT2D eigenvalue weighted by molar-refractivity contribution is 4.66. The van der Waals surface area contributed by atoms with Gasteiger partial charge in [0.2, 0.25) is 0 Å². The van der Waals surface area contributed by atoms with Crippen molar-refractivity contribution in [1.82, 2.24) is 5.32 Å². The standard InChI is InChI=1S/C13H29NO/c1-6-9-12(14-7-2)10-8-11-15-13(3,4)5/h12,14H,6-11H2,1-5H3. The van der Waals surface area contributed by atoms with Crippen LogP contribution in [0.5, 0.6) is 0 Å². The molecular formula is C13H29NO. The summed E-state index contributed by atoms with van der Waals surface area (Å²) in [5.74, 6) is 0. The number of rotatable bonds is 8. The fourth-order valence-electron chi connectivity index (χ4n) is 1.69. The topological polar surface area (TPSA) is 21.3 Å². The first-order valence-corrected chi connectivity index (χ1v) is 6.37. The molecule has 2 nitrogen and oxygen atoms in total. The maximum atomic E-state index is 5.71. The lowest BCUT2D eigenvalue weighted by molar-refractivity contribution is -0.00544. The van der Waals surface area contributed by atoms with E-state index in [4.69, 9.17) is 4.74 Å². The molecule has 1 N–H and O–H groups in total. The van der Waals surface area contributed by atoms with Gasteiger partial charge in [0.1, 0.15) is 0 Å². The molecule has 0 heterocycles. The average molecular weight is 215 g/mol. The molecule has 0 aliphatic carbocycles. The van der Waals surface area contributed by atoms with Crippen LogP contribution in [0.15, 0.2) is 0 Å². The van der Waals surface area contributed by atoms with Crippen LogP contribution in [0, 0.1) is 0 Å². The molecule has 0 spiro atoms. The molecule has 0 rings (SSSR count). The summed E-state index contributed by atoms with van der Waals surface area (Å²) in [7, 11) is 0.